The van der Waals surface area contributed by atoms with Gasteiger partial charge in [0.1, 0.15) is 0 Å². The van der Waals surface area contributed by atoms with Gasteiger partial charge >= 0.3 is 5.97 Å². The highest BCUT2D eigenvalue weighted by Crippen LogP contribution is 2.22. The smallest absolute Gasteiger partial charge is 0.329 e. The molecule has 0 bridgehead atoms. The fourth-order valence-electron chi connectivity index (χ4n) is 1.11. The van der Waals surface area contributed by atoms with Gasteiger partial charge in [0.25, 0.3) is 0 Å². The second kappa shape index (κ2) is 2.23. The van der Waals surface area contributed by atoms with Gasteiger partial charge in [0.15, 0.2) is 5.54 Å². The van der Waals surface area contributed by atoms with Gasteiger partial charge in [-0.15, -0.1) is 0 Å². The van der Waals surface area contributed by atoms with Crippen molar-refractivity contribution in [1.82, 2.24) is 10.4 Å². The summed E-state index contributed by atoms with van der Waals surface area (Å²) >= 11 is 0. The van der Waals surface area contributed by atoms with E-state index in [0.29, 0.717) is 0 Å². The predicted molar refractivity (Wildman–Crippen MR) is 40.7 cm³/mol. The maximum Gasteiger partial charge on any atom is 0.329 e. The highest BCUT2D eigenvalue weighted by molar-refractivity contribution is 5.82. The number of nitrogens with zero attached hydrogens (tertiary/aromatic N) is 1. The van der Waals surface area contributed by atoms with Gasteiger partial charge in [-0.2, -0.15) is 0 Å². The largest absolute Gasteiger partial charge is 0.480 e. The number of hydrazine groups is 1. The van der Waals surface area contributed by atoms with Crippen LogP contribution in [0.4, 0.5) is 0 Å². The Morgan fingerprint density at radius 3 is 2.55 bits per heavy atom. The number of carbonyl (C=O) groups is 1. The van der Waals surface area contributed by atoms with E-state index in [4.69, 9.17) is 5.11 Å². The molecule has 0 spiro atoms. The van der Waals surface area contributed by atoms with Gasteiger partial charge in [-0.3, -0.25) is 0 Å². The molecular weight excluding hydrogens is 144 g/mol. The van der Waals surface area contributed by atoms with Crippen molar-refractivity contribution in [3.63, 3.8) is 0 Å². The molecular formula is C7H12N2O2. The molecule has 0 amide bonds. The second-order valence-electron chi connectivity index (χ2n) is 2.96. The Bertz CT molecular complexity index is 224. The normalized spacial score (nSPS) is 30.5. The summed E-state index contributed by atoms with van der Waals surface area (Å²) in [6.45, 7) is 3.44. The van der Waals surface area contributed by atoms with Crippen LogP contribution in [0.15, 0.2) is 11.8 Å². The van der Waals surface area contributed by atoms with Crippen molar-refractivity contribution < 1.29 is 9.90 Å². The predicted octanol–water partition coefficient (Wildman–Crippen LogP) is 0.183. The van der Waals surface area contributed by atoms with Gasteiger partial charge < -0.3 is 10.1 Å². The van der Waals surface area contributed by atoms with E-state index in [1.807, 2.05) is 0 Å². The summed E-state index contributed by atoms with van der Waals surface area (Å²) < 4.78 is 0. The lowest BCUT2D eigenvalue weighted by molar-refractivity contribution is -0.143. The van der Waals surface area contributed by atoms with Crippen LogP contribution in [0, 0.1) is 0 Å². The van der Waals surface area contributed by atoms with Crippen LogP contribution in [0.5, 0.6) is 0 Å². The monoisotopic (exact) mass is 156 g/mol. The first-order chi connectivity index (χ1) is 4.97. The van der Waals surface area contributed by atoms with Crippen LogP contribution in [-0.2, 0) is 4.79 Å². The Morgan fingerprint density at radius 1 is 1.82 bits per heavy atom. The van der Waals surface area contributed by atoms with Crippen LogP contribution in [0.2, 0.25) is 0 Å². The van der Waals surface area contributed by atoms with E-state index >= 15 is 0 Å². The molecule has 1 aliphatic heterocycles. The van der Waals surface area contributed by atoms with Gasteiger partial charge in [0.2, 0.25) is 0 Å². The Balaban J connectivity index is 2.92. The van der Waals surface area contributed by atoms with Crippen molar-refractivity contribution in [1.29, 1.82) is 0 Å². The lowest BCUT2D eigenvalue weighted by Crippen LogP contribution is -2.50. The first kappa shape index (κ1) is 8.07. The molecule has 0 saturated carbocycles. The molecule has 4 heteroatoms. The van der Waals surface area contributed by atoms with E-state index in [-0.39, 0.29) is 0 Å². The molecule has 0 fully saturated rings. The van der Waals surface area contributed by atoms with E-state index < -0.39 is 11.5 Å². The van der Waals surface area contributed by atoms with Crippen LogP contribution in [-0.4, -0.2) is 28.7 Å². The molecule has 1 atom stereocenters. The van der Waals surface area contributed by atoms with Crippen molar-refractivity contribution in [3.05, 3.63) is 11.8 Å². The van der Waals surface area contributed by atoms with Crippen LogP contribution < -0.4 is 5.43 Å². The topological polar surface area (TPSA) is 52.6 Å². The summed E-state index contributed by atoms with van der Waals surface area (Å²) in [7, 11) is 1.78. The zero-order valence-corrected chi connectivity index (χ0v) is 6.88. The van der Waals surface area contributed by atoms with Gasteiger partial charge in [-0.25, -0.2) is 10.2 Å². The molecule has 1 aliphatic rings. The molecule has 1 unspecified atom stereocenters. The highest BCUT2D eigenvalue weighted by atomic mass is 16.4. The van der Waals surface area contributed by atoms with Gasteiger partial charge in [0.05, 0.1) is 0 Å². The van der Waals surface area contributed by atoms with Crippen LogP contribution in [0.3, 0.4) is 0 Å². The quantitative estimate of drug-likeness (QED) is 0.568. The number of carboxylic acids is 1. The van der Waals surface area contributed by atoms with E-state index in [2.05, 4.69) is 5.43 Å². The molecule has 0 aromatic carbocycles. The fraction of sp³-hybridized carbons (Fsp3) is 0.571. The third kappa shape index (κ3) is 1.09. The number of nitrogens with one attached hydrogen (secondary N) is 1. The summed E-state index contributed by atoms with van der Waals surface area (Å²) in [6.07, 6.45) is 1.77. The van der Waals surface area contributed by atoms with Gasteiger partial charge in [0, 0.05) is 13.2 Å². The molecule has 0 saturated heterocycles. The third-order valence-corrected chi connectivity index (χ3v) is 2.00. The number of aliphatic carboxylic acids is 1. The molecule has 0 aromatic rings. The Hall–Kier alpha value is -1.03. The number of rotatable bonds is 1. The van der Waals surface area contributed by atoms with Crippen LogP contribution >= 0.6 is 0 Å². The van der Waals surface area contributed by atoms with Crippen molar-refractivity contribution in [2.24, 2.45) is 0 Å². The Labute approximate surface area is 65.5 Å². The zero-order chi connectivity index (χ0) is 8.65. The average Bonchev–Trinajstić information content (AvgIpc) is 2.08. The zero-order valence-electron chi connectivity index (χ0n) is 6.88. The number of hydrogen-bond donors (Lipinski definition) is 2. The van der Waals surface area contributed by atoms with E-state index in [1.54, 1.807) is 32.1 Å². The minimum atomic E-state index is -0.922. The first-order valence-corrected chi connectivity index (χ1v) is 3.40. The SMILES string of the molecule is CC1=CN(C)NC1(C)C(=O)O. The third-order valence-electron chi connectivity index (χ3n) is 2.00. The summed E-state index contributed by atoms with van der Waals surface area (Å²) in [6, 6.07) is 0. The van der Waals surface area contributed by atoms with Crippen molar-refractivity contribution in [2.45, 2.75) is 19.4 Å². The van der Waals surface area contributed by atoms with Crippen molar-refractivity contribution in [3.8, 4) is 0 Å². The van der Waals surface area contributed by atoms with E-state index in [1.165, 1.54) is 0 Å². The molecule has 1 heterocycles. The van der Waals surface area contributed by atoms with E-state index in [0.717, 1.165) is 5.57 Å². The minimum Gasteiger partial charge on any atom is -0.480 e. The minimum absolute atomic E-state index is 0.813. The molecule has 4 nitrogen and oxygen atoms in total. The number of hydrogen-bond acceptors (Lipinski definition) is 3. The van der Waals surface area contributed by atoms with Gasteiger partial charge in [-0.05, 0) is 19.4 Å². The van der Waals surface area contributed by atoms with Crippen LogP contribution in [0.1, 0.15) is 13.8 Å². The molecule has 1 rings (SSSR count). The maximum atomic E-state index is 10.7. The number of carboxylic acid groups (broad SMARTS) is 1. The van der Waals surface area contributed by atoms with Crippen LogP contribution in [0.25, 0.3) is 0 Å². The Kier molecular flexibility index (Phi) is 1.64. The molecule has 0 aliphatic carbocycles. The summed E-state index contributed by atoms with van der Waals surface area (Å²) in [5, 5.41) is 10.5. The molecule has 11 heavy (non-hydrogen) atoms. The van der Waals surface area contributed by atoms with Gasteiger partial charge in [-0.1, -0.05) is 0 Å². The standard InChI is InChI=1S/C7H12N2O2/c1-5-4-9(3)8-7(5,2)6(10)11/h4,8H,1-3H3,(H,10,11). The lowest BCUT2D eigenvalue weighted by atomic mass is 9.96. The molecule has 0 aromatic heterocycles. The summed E-state index contributed by atoms with van der Waals surface area (Å²) in [4.78, 5) is 10.7. The second-order valence-corrected chi connectivity index (χ2v) is 2.96. The molecule has 2 N–H and O–H groups in total. The fourth-order valence-corrected chi connectivity index (χ4v) is 1.11. The summed E-state index contributed by atoms with van der Waals surface area (Å²) in [5.41, 5.74) is 2.71. The lowest BCUT2D eigenvalue weighted by Gasteiger charge is -2.22. The molecule has 62 valence electrons. The summed E-state index contributed by atoms with van der Waals surface area (Å²) in [5.74, 6) is -0.851. The molecule has 0 radical (unpaired) electrons. The highest BCUT2D eigenvalue weighted by Gasteiger charge is 2.39. The van der Waals surface area contributed by atoms with Crippen molar-refractivity contribution >= 4 is 5.97 Å². The average molecular weight is 156 g/mol. The maximum absolute atomic E-state index is 10.7. The van der Waals surface area contributed by atoms with Crippen molar-refractivity contribution in [2.75, 3.05) is 7.05 Å². The first-order valence-electron chi connectivity index (χ1n) is 3.40. The van der Waals surface area contributed by atoms with E-state index in [9.17, 15) is 4.79 Å². The Morgan fingerprint density at radius 2 is 2.36 bits per heavy atom.